The first-order valence-electron chi connectivity index (χ1n) is 9.15. The van der Waals surface area contributed by atoms with Crippen LogP contribution in [0.1, 0.15) is 12.0 Å². The van der Waals surface area contributed by atoms with Crippen molar-refractivity contribution in [2.75, 3.05) is 13.2 Å². The Balaban J connectivity index is 1.37. The van der Waals surface area contributed by atoms with Crippen LogP contribution < -0.4 is 14.2 Å². The zero-order valence-electron chi connectivity index (χ0n) is 15.5. The van der Waals surface area contributed by atoms with E-state index in [-0.39, 0.29) is 0 Å². The molecule has 0 heterocycles. The summed E-state index contributed by atoms with van der Waals surface area (Å²) in [5.41, 5.74) is 0.893. The minimum Gasteiger partial charge on any atom is -0.493 e. The van der Waals surface area contributed by atoms with E-state index in [4.69, 9.17) is 14.2 Å². The topological polar surface area (TPSA) is 44.8 Å². The average molecular weight is 374 g/mol. The van der Waals surface area contributed by atoms with E-state index in [0.29, 0.717) is 19.0 Å². The Kier molecular flexibility index (Phi) is 7.27. The standard InChI is InChI=1S/C24H22O4/c25-24(28-23-10-5-2-6-11-23)17-14-20-12-15-22(16-13-20)27-19-7-18-26-21-8-3-1-4-9-21/h1-6,8-17H,7,18-19H2/b17-14+. The number of esters is 1. The lowest BCUT2D eigenvalue weighted by molar-refractivity contribution is -0.128. The summed E-state index contributed by atoms with van der Waals surface area (Å²) in [5, 5.41) is 0. The zero-order chi connectivity index (χ0) is 19.4. The highest BCUT2D eigenvalue weighted by atomic mass is 16.5. The molecule has 0 bridgehead atoms. The third kappa shape index (κ3) is 6.65. The van der Waals surface area contributed by atoms with Gasteiger partial charge in [-0.3, -0.25) is 0 Å². The Morgan fingerprint density at radius 2 is 1.21 bits per heavy atom. The third-order valence-electron chi connectivity index (χ3n) is 3.82. The molecule has 0 fully saturated rings. The molecule has 142 valence electrons. The second kappa shape index (κ2) is 10.6. The smallest absolute Gasteiger partial charge is 0.336 e. The van der Waals surface area contributed by atoms with E-state index < -0.39 is 5.97 Å². The first-order valence-corrected chi connectivity index (χ1v) is 9.15. The molecular formula is C24H22O4. The molecule has 0 atom stereocenters. The van der Waals surface area contributed by atoms with Crippen LogP contribution in [0.25, 0.3) is 6.08 Å². The summed E-state index contributed by atoms with van der Waals surface area (Å²) in [7, 11) is 0. The summed E-state index contributed by atoms with van der Waals surface area (Å²) in [6.07, 6.45) is 3.91. The molecular weight excluding hydrogens is 352 g/mol. The lowest BCUT2D eigenvalue weighted by Gasteiger charge is -2.08. The first kappa shape index (κ1) is 19.2. The van der Waals surface area contributed by atoms with E-state index in [0.717, 1.165) is 23.5 Å². The lowest BCUT2D eigenvalue weighted by atomic mass is 10.2. The van der Waals surface area contributed by atoms with Gasteiger partial charge in [-0.05, 0) is 48.0 Å². The molecule has 0 radical (unpaired) electrons. The van der Waals surface area contributed by atoms with Crippen molar-refractivity contribution < 1.29 is 19.0 Å². The molecule has 0 N–H and O–H groups in total. The molecule has 0 aliphatic carbocycles. The van der Waals surface area contributed by atoms with Crippen LogP contribution in [0, 0.1) is 0 Å². The summed E-state index contributed by atoms with van der Waals surface area (Å²) in [6.45, 7) is 1.18. The van der Waals surface area contributed by atoms with Crippen molar-refractivity contribution in [3.8, 4) is 17.2 Å². The Morgan fingerprint density at radius 3 is 1.82 bits per heavy atom. The van der Waals surface area contributed by atoms with Crippen LogP contribution in [-0.4, -0.2) is 19.2 Å². The second-order valence-electron chi connectivity index (χ2n) is 6.00. The zero-order valence-corrected chi connectivity index (χ0v) is 15.5. The molecule has 0 aromatic heterocycles. The van der Waals surface area contributed by atoms with Crippen LogP contribution in [0.3, 0.4) is 0 Å². The molecule has 0 amide bonds. The molecule has 0 aliphatic heterocycles. The molecule has 0 aliphatic rings. The summed E-state index contributed by atoms with van der Waals surface area (Å²) in [6, 6.07) is 26.2. The van der Waals surface area contributed by atoms with Gasteiger partial charge in [-0.1, -0.05) is 48.5 Å². The van der Waals surface area contributed by atoms with Gasteiger partial charge in [-0.2, -0.15) is 0 Å². The summed E-state index contributed by atoms with van der Waals surface area (Å²) in [4.78, 5) is 11.8. The first-order chi connectivity index (χ1) is 13.8. The van der Waals surface area contributed by atoms with Crippen molar-refractivity contribution in [3.63, 3.8) is 0 Å². The molecule has 0 unspecified atom stereocenters. The van der Waals surface area contributed by atoms with E-state index in [1.165, 1.54) is 6.08 Å². The van der Waals surface area contributed by atoms with Gasteiger partial charge in [0, 0.05) is 12.5 Å². The van der Waals surface area contributed by atoms with Crippen LogP contribution in [0.2, 0.25) is 0 Å². The average Bonchev–Trinajstić information content (AvgIpc) is 2.74. The maximum absolute atomic E-state index is 11.8. The molecule has 3 rings (SSSR count). The van der Waals surface area contributed by atoms with Gasteiger partial charge in [0.05, 0.1) is 13.2 Å². The largest absolute Gasteiger partial charge is 0.493 e. The number of hydrogen-bond donors (Lipinski definition) is 0. The minimum atomic E-state index is -0.412. The number of benzene rings is 3. The number of carbonyl (C=O) groups is 1. The number of rotatable bonds is 9. The number of ether oxygens (including phenoxy) is 3. The number of carbonyl (C=O) groups excluding carboxylic acids is 1. The lowest BCUT2D eigenvalue weighted by Crippen LogP contribution is -2.04. The van der Waals surface area contributed by atoms with Crippen LogP contribution >= 0.6 is 0 Å². The second-order valence-corrected chi connectivity index (χ2v) is 6.00. The third-order valence-corrected chi connectivity index (χ3v) is 3.82. The minimum absolute atomic E-state index is 0.412. The maximum Gasteiger partial charge on any atom is 0.336 e. The summed E-state index contributed by atoms with van der Waals surface area (Å²) < 4.78 is 16.5. The molecule has 28 heavy (non-hydrogen) atoms. The van der Waals surface area contributed by atoms with Gasteiger partial charge in [0.2, 0.25) is 0 Å². The quantitative estimate of drug-likeness (QED) is 0.225. The van der Waals surface area contributed by atoms with Gasteiger partial charge >= 0.3 is 5.97 Å². The Labute approximate surface area is 165 Å². The van der Waals surface area contributed by atoms with Gasteiger partial charge in [-0.15, -0.1) is 0 Å². The molecule has 4 heteroatoms. The Bertz CT molecular complexity index is 871. The normalized spacial score (nSPS) is 10.6. The Hall–Kier alpha value is -3.53. The fourth-order valence-corrected chi connectivity index (χ4v) is 2.43. The molecule has 0 spiro atoms. The Morgan fingerprint density at radius 1 is 0.679 bits per heavy atom. The fraction of sp³-hybridized carbons (Fsp3) is 0.125. The van der Waals surface area contributed by atoms with Crippen molar-refractivity contribution in [1.82, 2.24) is 0 Å². The van der Waals surface area contributed by atoms with Gasteiger partial charge in [0.15, 0.2) is 0 Å². The van der Waals surface area contributed by atoms with E-state index in [1.54, 1.807) is 18.2 Å². The molecule has 0 saturated carbocycles. The van der Waals surface area contributed by atoms with Crippen molar-refractivity contribution in [1.29, 1.82) is 0 Å². The number of para-hydroxylation sites is 2. The molecule has 3 aromatic carbocycles. The van der Waals surface area contributed by atoms with Crippen molar-refractivity contribution >= 4 is 12.0 Å². The van der Waals surface area contributed by atoms with Gasteiger partial charge in [0.25, 0.3) is 0 Å². The van der Waals surface area contributed by atoms with Gasteiger partial charge < -0.3 is 14.2 Å². The van der Waals surface area contributed by atoms with Crippen molar-refractivity contribution in [2.45, 2.75) is 6.42 Å². The number of hydrogen-bond acceptors (Lipinski definition) is 4. The monoisotopic (exact) mass is 374 g/mol. The summed E-state index contributed by atoms with van der Waals surface area (Å²) in [5.74, 6) is 1.76. The predicted molar refractivity (Wildman–Crippen MR) is 110 cm³/mol. The highest BCUT2D eigenvalue weighted by Gasteiger charge is 2.00. The van der Waals surface area contributed by atoms with Crippen LogP contribution in [0.15, 0.2) is 91.0 Å². The predicted octanol–water partition coefficient (Wildman–Crippen LogP) is 5.15. The molecule has 3 aromatic rings. The highest BCUT2D eigenvalue weighted by Crippen LogP contribution is 2.14. The SMILES string of the molecule is O=C(/C=C/c1ccc(OCCCOc2ccccc2)cc1)Oc1ccccc1. The molecule has 4 nitrogen and oxygen atoms in total. The van der Waals surface area contributed by atoms with Crippen molar-refractivity contribution in [3.05, 3.63) is 96.6 Å². The van der Waals surface area contributed by atoms with Crippen LogP contribution in [-0.2, 0) is 4.79 Å². The van der Waals surface area contributed by atoms with E-state index in [1.807, 2.05) is 72.8 Å². The van der Waals surface area contributed by atoms with Gasteiger partial charge in [0.1, 0.15) is 17.2 Å². The maximum atomic E-state index is 11.8. The summed E-state index contributed by atoms with van der Waals surface area (Å²) >= 11 is 0. The fourth-order valence-electron chi connectivity index (χ4n) is 2.43. The van der Waals surface area contributed by atoms with Gasteiger partial charge in [-0.25, -0.2) is 4.79 Å². The van der Waals surface area contributed by atoms with Crippen molar-refractivity contribution in [2.24, 2.45) is 0 Å². The van der Waals surface area contributed by atoms with E-state index in [2.05, 4.69) is 0 Å². The van der Waals surface area contributed by atoms with E-state index >= 15 is 0 Å². The van der Waals surface area contributed by atoms with Crippen LogP contribution in [0.5, 0.6) is 17.2 Å². The highest BCUT2D eigenvalue weighted by molar-refractivity contribution is 5.88. The molecule has 0 saturated heterocycles. The van der Waals surface area contributed by atoms with Crippen LogP contribution in [0.4, 0.5) is 0 Å². The van der Waals surface area contributed by atoms with E-state index in [9.17, 15) is 4.79 Å².